The molecule has 11 heavy (non-hydrogen) atoms. The number of hydrogen-bond acceptors (Lipinski definition) is 2. The Labute approximate surface area is 68.2 Å². The van der Waals surface area contributed by atoms with Gasteiger partial charge in [0.25, 0.3) is 0 Å². The molecule has 1 saturated carbocycles. The van der Waals surface area contributed by atoms with Crippen LogP contribution in [0.3, 0.4) is 0 Å². The van der Waals surface area contributed by atoms with E-state index < -0.39 is 0 Å². The summed E-state index contributed by atoms with van der Waals surface area (Å²) >= 11 is 0. The van der Waals surface area contributed by atoms with Crippen molar-refractivity contribution in [2.75, 3.05) is 0 Å². The summed E-state index contributed by atoms with van der Waals surface area (Å²) in [6.45, 7) is 3.74. The molecular weight excluding hydrogens is 138 g/mol. The van der Waals surface area contributed by atoms with Crippen LogP contribution in [-0.4, -0.2) is 11.8 Å². The molecular formula is C9H16NO. The van der Waals surface area contributed by atoms with E-state index >= 15 is 0 Å². The van der Waals surface area contributed by atoms with Crippen LogP contribution < -0.4 is 5.73 Å². The van der Waals surface area contributed by atoms with Crippen LogP contribution in [0, 0.1) is 12.8 Å². The highest BCUT2D eigenvalue weighted by atomic mass is 16.1. The van der Waals surface area contributed by atoms with Gasteiger partial charge in [-0.3, -0.25) is 4.79 Å². The summed E-state index contributed by atoms with van der Waals surface area (Å²) < 4.78 is 0. The van der Waals surface area contributed by atoms with Crippen LogP contribution in [0.5, 0.6) is 0 Å². The SMILES string of the molecule is [CH2]C(N)CC1CCC(=O)CC1. The second-order valence-corrected chi connectivity index (χ2v) is 3.48. The molecule has 1 atom stereocenters. The Bertz CT molecular complexity index is 132. The van der Waals surface area contributed by atoms with Crippen LogP contribution in [0.25, 0.3) is 0 Å². The number of hydrogen-bond donors (Lipinski definition) is 1. The third-order valence-corrected chi connectivity index (χ3v) is 2.30. The van der Waals surface area contributed by atoms with Gasteiger partial charge in [-0.25, -0.2) is 0 Å². The number of carbonyl (C=O) groups excluding carboxylic acids is 1. The third kappa shape index (κ3) is 3.02. The monoisotopic (exact) mass is 154 g/mol. The Morgan fingerprint density at radius 1 is 1.55 bits per heavy atom. The van der Waals surface area contributed by atoms with Gasteiger partial charge in [-0.1, -0.05) is 0 Å². The topological polar surface area (TPSA) is 43.1 Å². The van der Waals surface area contributed by atoms with E-state index in [1.54, 1.807) is 0 Å². The van der Waals surface area contributed by atoms with Gasteiger partial charge in [-0.2, -0.15) is 0 Å². The first-order valence-corrected chi connectivity index (χ1v) is 4.29. The zero-order valence-corrected chi connectivity index (χ0v) is 6.88. The number of Topliss-reactive ketones (excluding diaryl/α,β-unsaturated/α-hetero) is 1. The van der Waals surface area contributed by atoms with Crippen molar-refractivity contribution in [1.82, 2.24) is 0 Å². The van der Waals surface area contributed by atoms with E-state index in [0.29, 0.717) is 11.7 Å². The predicted octanol–water partition coefficient (Wildman–Crippen LogP) is 1.30. The van der Waals surface area contributed by atoms with E-state index in [4.69, 9.17) is 5.73 Å². The van der Waals surface area contributed by atoms with Crippen molar-refractivity contribution in [1.29, 1.82) is 0 Å². The van der Waals surface area contributed by atoms with Crippen LogP contribution in [0.1, 0.15) is 32.1 Å². The van der Waals surface area contributed by atoms with Crippen molar-refractivity contribution < 1.29 is 4.79 Å². The van der Waals surface area contributed by atoms with Crippen molar-refractivity contribution >= 4 is 5.78 Å². The van der Waals surface area contributed by atoms with Gasteiger partial charge in [0.1, 0.15) is 5.78 Å². The first-order chi connectivity index (χ1) is 5.18. The zero-order chi connectivity index (χ0) is 8.27. The van der Waals surface area contributed by atoms with E-state index in [2.05, 4.69) is 6.92 Å². The molecule has 0 aromatic heterocycles. The normalized spacial score (nSPS) is 23.6. The minimum absolute atomic E-state index is 0.0493. The number of rotatable bonds is 2. The van der Waals surface area contributed by atoms with Crippen molar-refractivity contribution in [3.05, 3.63) is 6.92 Å². The average molecular weight is 154 g/mol. The Balaban J connectivity index is 2.22. The Kier molecular flexibility index (Phi) is 3.06. The van der Waals surface area contributed by atoms with E-state index in [1.807, 2.05) is 0 Å². The van der Waals surface area contributed by atoms with Crippen molar-refractivity contribution in [3.63, 3.8) is 0 Å². The minimum Gasteiger partial charge on any atom is -0.328 e. The van der Waals surface area contributed by atoms with Crippen LogP contribution in [0.15, 0.2) is 0 Å². The molecule has 2 N–H and O–H groups in total. The standard InChI is InChI=1S/C9H16NO/c1-7(10)6-8-2-4-9(11)5-3-8/h7-8H,1-6,10H2. The van der Waals surface area contributed by atoms with E-state index in [0.717, 1.165) is 32.1 Å². The average Bonchev–Trinajstić information content (AvgIpc) is 1.93. The lowest BCUT2D eigenvalue weighted by atomic mass is 9.85. The van der Waals surface area contributed by atoms with Gasteiger partial charge in [0.05, 0.1) is 0 Å². The van der Waals surface area contributed by atoms with E-state index in [9.17, 15) is 4.79 Å². The molecule has 2 nitrogen and oxygen atoms in total. The molecule has 1 aliphatic rings. The Morgan fingerprint density at radius 3 is 2.55 bits per heavy atom. The maximum atomic E-state index is 10.8. The number of carbonyl (C=O) groups is 1. The molecule has 1 aliphatic carbocycles. The van der Waals surface area contributed by atoms with Crippen molar-refractivity contribution in [2.45, 2.75) is 38.1 Å². The molecule has 0 aliphatic heterocycles. The third-order valence-electron chi connectivity index (χ3n) is 2.30. The summed E-state index contributed by atoms with van der Waals surface area (Å²) in [5.74, 6) is 1.07. The molecule has 2 heteroatoms. The largest absolute Gasteiger partial charge is 0.328 e. The van der Waals surface area contributed by atoms with Gasteiger partial charge >= 0.3 is 0 Å². The molecule has 1 fully saturated rings. The van der Waals surface area contributed by atoms with Crippen molar-refractivity contribution in [2.24, 2.45) is 11.7 Å². The first kappa shape index (κ1) is 8.72. The minimum atomic E-state index is 0.0493. The van der Waals surface area contributed by atoms with Gasteiger partial charge < -0.3 is 5.73 Å². The molecule has 0 saturated heterocycles. The lowest BCUT2D eigenvalue weighted by Gasteiger charge is -2.22. The molecule has 1 unspecified atom stereocenters. The molecule has 0 aromatic carbocycles. The first-order valence-electron chi connectivity index (χ1n) is 4.29. The fourth-order valence-electron chi connectivity index (χ4n) is 1.66. The molecule has 1 radical (unpaired) electrons. The lowest BCUT2D eigenvalue weighted by molar-refractivity contribution is -0.121. The quantitative estimate of drug-likeness (QED) is 0.651. The Hall–Kier alpha value is -0.370. The van der Waals surface area contributed by atoms with Gasteiger partial charge in [0.15, 0.2) is 0 Å². The van der Waals surface area contributed by atoms with E-state index in [1.165, 1.54) is 0 Å². The summed E-state index contributed by atoms with van der Waals surface area (Å²) in [7, 11) is 0. The summed E-state index contributed by atoms with van der Waals surface area (Å²) in [6, 6.07) is 0.0493. The molecule has 0 aromatic rings. The molecule has 63 valence electrons. The number of nitrogens with two attached hydrogens (primary N) is 1. The summed E-state index contributed by atoms with van der Waals surface area (Å²) in [5.41, 5.74) is 5.56. The highest BCUT2D eigenvalue weighted by Crippen LogP contribution is 2.24. The Morgan fingerprint density at radius 2 is 2.09 bits per heavy atom. The second kappa shape index (κ2) is 3.86. The van der Waals surface area contributed by atoms with Crippen LogP contribution in [0.2, 0.25) is 0 Å². The van der Waals surface area contributed by atoms with Crippen molar-refractivity contribution in [3.8, 4) is 0 Å². The highest BCUT2D eigenvalue weighted by molar-refractivity contribution is 5.78. The maximum absolute atomic E-state index is 10.8. The fourth-order valence-corrected chi connectivity index (χ4v) is 1.66. The highest BCUT2D eigenvalue weighted by Gasteiger charge is 2.19. The van der Waals surface area contributed by atoms with E-state index in [-0.39, 0.29) is 6.04 Å². The summed E-state index contributed by atoms with van der Waals surface area (Å²) in [5, 5.41) is 0. The fraction of sp³-hybridized carbons (Fsp3) is 0.778. The molecule has 0 amide bonds. The molecule has 1 rings (SSSR count). The molecule has 0 heterocycles. The summed E-state index contributed by atoms with van der Waals surface area (Å²) in [4.78, 5) is 10.8. The molecule has 0 spiro atoms. The number of ketones is 1. The smallest absolute Gasteiger partial charge is 0.132 e. The van der Waals surface area contributed by atoms with Crippen LogP contribution in [0.4, 0.5) is 0 Å². The van der Waals surface area contributed by atoms with Gasteiger partial charge in [-0.05, 0) is 32.1 Å². The second-order valence-electron chi connectivity index (χ2n) is 3.48. The zero-order valence-electron chi connectivity index (χ0n) is 6.88. The maximum Gasteiger partial charge on any atom is 0.132 e. The van der Waals surface area contributed by atoms with Gasteiger partial charge in [-0.15, -0.1) is 0 Å². The van der Waals surface area contributed by atoms with Gasteiger partial charge in [0, 0.05) is 18.9 Å². The predicted molar refractivity (Wildman–Crippen MR) is 44.9 cm³/mol. The summed E-state index contributed by atoms with van der Waals surface area (Å²) in [6.07, 6.45) is 4.56. The van der Waals surface area contributed by atoms with Gasteiger partial charge in [0.2, 0.25) is 0 Å². The molecule has 0 bridgehead atoms. The van der Waals surface area contributed by atoms with Crippen LogP contribution >= 0.6 is 0 Å². The lowest BCUT2D eigenvalue weighted by Crippen LogP contribution is -2.23. The van der Waals surface area contributed by atoms with Crippen LogP contribution in [-0.2, 0) is 4.79 Å².